The third-order valence-corrected chi connectivity index (χ3v) is 6.56. The van der Waals surface area contributed by atoms with Crippen LogP contribution in [0.2, 0.25) is 5.02 Å². The van der Waals surface area contributed by atoms with Gasteiger partial charge in [-0.1, -0.05) is 40.5 Å². The van der Waals surface area contributed by atoms with Gasteiger partial charge in [0.25, 0.3) is 0 Å². The molecule has 3 atom stereocenters. The van der Waals surface area contributed by atoms with E-state index in [1.54, 1.807) is 0 Å². The molecule has 0 bridgehead atoms. The smallest absolute Gasteiger partial charge is 0.0465 e. The third-order valence-electron chi connectivity index (χ3n) is 4.41. The highest BCUT2D eigenvalue weighted by Gasteiger charge is 2.25. The van der Waals surface area contributed by atoms with Crippen LogP contribution in [-0.4, -0.2) is 42.1 Å². The topological polar surface area (TPSA) is 15.3 Å². The van der Waals surface area contributed by atoms with Gasteiger partial charge in [0, 0.05) is 45.7 Å². The maximum Gasteiger partial charge on any atom is 0.0465 e. The van der Waals surface area contributed by atoms with Crippen molar-refractivity contribution in [3.8, 4) is 0 Å². The van der Waals surface area contributed by atoms with E-state index in [0.717, 1.165) is 27.7 Å². The maximum atomic E-state index is 6.39. The first kappa shape index (κ1) is 17.6. The lowest BCUT2D eigenvalue weighted by molar-refractivity contribution is 0.203. The monoisotopic (exact) mass is 390 g/mol. The van der Waals surface area contributed by atoms with Gasteiger partial charge in [0.05, 0.1) is 0 Å². The number of nitrogens with zero attached hydrogens (tertiary/aromatic N) is 1. The van der Waals surface area contributed by atoms with Crippen LogP contribution in [0.3, 0.4) is 0 Å². The van der Waals surface area contributed by atoms with Gasteiger partial charge in [-0.3, -0.25) is 4.90 Å². The molecule has 21 heavy (non-hydrogen) atoms. The van der Waals surface area contributed by atoms with Gasteiger partial charge in [-0.05, 0) is 38.1 Å². The highest BCUT2D eigenvalue weighted by Crippen LogP contribution is 2.30. The lowest BCUT2D eigenvalue weighted by Gasteiger charge is -2.38. The highest BCUT2D eigenvalue weighted by molar-refractivity contribution is 9.10. The fraction of sp³-hybridized carbons (Fsp3) is 0.625. The van der Waals surface area contributed by atoms with Gasteiger partial charge in [-0.15, -0.1) is 0 Å². The summed E-state index contributed by atoms with van der Waals surface area (Å²) < 4.78 is 1.03. The van der Waals surface area contributed by atoms with E-state index >= 15 is 0 Å². The van der Waals surface area contributed by atoms with E-state index in [2.05, 4.69) is 63.9 Å². The van der Waals surface area contributed by atoms with Crippen LogP contribution in [0.5, 0.6) is 0 Å². The Bertz CT molecular complexity index is 472. The summed E-state index contributed by atoms with van der Waals surface area (Å²) in [5.41, 5.74) is 1.19. The van der Waals surface area contributed by atoms with Crippen LogP contribution in [0.15, 0.2) is 22.7 Å². The first-order chi connectivity index (χ1) is 10.0. The summed E-state index contributed by atoms with van der Waals surface area (Å²) in [6.45, 7) is 6.99. The second-order valence-corrected chi connectivity index (χ2v) is 8.46. The molecule has 0 aromatic heterocycles. The molecule has 2 rings (SSSR count). The molecular weight excluding hydrogens is 368 g/mol. The van der Waals surface area contributed by atoms with Crippen molar-refractivity contribution < 1.29 is 0 Å². The molecule has 1 heterocycles. The number of rotatable bonds is 5. The number of hydrogen-bond acceptors (Lipinski definition) is 3. The van der Waals surface area contributed by atoms with Crippen molar-refractivity contribution in [2.24, 2.45) is 0 Å². The Morgan fingerprint density at radius 3 is 2.90 bits per heavy atom. The van der Waals surface area contributed by atoms with Gasteiger partial charge < -0.3 is 5.32 Å². The third kappa shape index (κ3) is 4.61. The van der Waals surface area contributed by atoms with Crippen LogP contribution in [0.25, 0.3) is 0 Å². The summed E-state index contributed by atoms with van der Waals surface area (Å²) >= 11 is 11.9. The molecule has 0 spiro atoms. The van der Waals surface area contributed by atoms with Gasteiger partial charge in [0.2, 0.25) is 0 Å². The standard InChI is InChI=1S/C16H24BrClN2S/c1-11-12(2)21-9-8-20(11)7-6-16(19-3)14-5-4-13(17)10-15(14)18/h4-5,10-12,16,19H,6-9H2,1-3H3. The number of thioether (sulfide) groups is 1. The minimum Gasteiger partial charge on any atom is -0.313 e. The molecule has 0 aliphatic carbocycles. The SMILES string of the molecule is CNC(CCN1CCSC(C)C1C)c1ccc(Br)cc1Cl. The van der Waals surface area contributed by atoms with Crippen molar-refractivity contribution in [2.45, 2.75) is 37.6 Å². The normalized spacial score (nSPS) is 25.0. The first-order valence-electron chi connectivity index (χ1n) is 7.50. The summed E-state index contributed by atoms with van der Waals surface area (Å²) in [4.78, 5) is 2.61. The molecule has 1 fully saturated rings. The molecule has 3 unspecified atom stereocenters. The van der Waals surface area contributed by atoms with Crippen molar-refractivity contribution in [1.82, 2.24) is 10.2 Å². The van der Waals surface area contributed by atoms with Crippen molar-refractivity contribution in [1.29, 1.82) is 0 Å². The van der Waals surface area contributed by atoms with Crippen molar-refractivity contribution >= 4 is 39.3 Å². The molecule has 0 saturated carbocycles. The highest BCUT2D eigenvalue weighted by atomic mass is 79.9. The van der Waals surface area contributed by atoms with E-state index in [1.165, 1.54) is 17.9 Å². The molecule has 5 heteroatoms. The van der Waals surface area contributed by atoms with Crippen LogP contribution in [0.1, 0.15) is 31.9 Å². The Kier molecular flexibility index (Phi) is 6.88. The Hall–Kier alpha value is 0.260. The minimum absolute atomic E-state index is 0.308. The summed E-state index contributed by atoms with van der Waals surface area (Å²) in [7, 11) is 2.02. The Balaban J connectivity index is 1.99. The van der Waals surface area contributed by atoms with Crippen molar-refractivity contribution in [2.75, 3.05) is 25.9 Å². The van der Waals surface area contributed by atoms with E-state index in [1.807, 2.05) is 13.1 Å². The lowest BCUT2D eigenvalue weighted by Crippen LogP contribution is -2.45. The molecule has 0 radical (unpaired) electrons. The number of halogens is 2. The van der Waals surface area contributed by atoms with Crippen LogP contribution in [0.4, 0.5) is 0 Å². The maximum absolute atomic E-state index is 6.39. The molecule has 1 N–H and O–H groups in total. The van der Waals surface area contributed by atoms with Gasteiger partial charge in [0.15, 0.2) is 0 Å². The average Bonchev–Trinajstić information content (AvgIpc) is 2.45. The Morgan fingerprint density at radius 2 is 2.24 bits per heavy atom. The van der Waals surface area contributed by atoms with E-state index in [4.69, 9.17) is 11.6 Å². The molecule has 1 saturated heterocycles. The first-order valence-corrected chi connectivity index (χ1v) is 9.72. The Labute approximate surface area is 146 Å². The van der Waals surface area contributed by atoms with E-state index in [-0.39, 0.29) is 0 Å². The van der Waals surface area contributed by atoms with Crippen molar-refractivity contribution in [3.05, 3.63) is 33.3 Å². The van der Waals surface area contributed by atoms with E-state index in [9.17, 15) is 0 Å². The van der Waals surface area contributed by atoms with Crippen LogP contribution in [0, 0.1) is 0 Å². The molecule has 1 aliphatic rings. The predicted octanol–water partition coefficient (Wildman–Crippen LogP) is 4.58. The van der Waals surface area contributed by atoms with Gasteiger partial charge in [0.1, 0.15) is 0 Å². The molecule has 1 aromatic carbocycles. The second-order valence-electron chi connectivity index (χ2n) is 5.65. The summed E-state index contributed by atoms with van der Waals surface area (Å²) in [6, 6.07) is 7.12. The largest absolute Gasteiger partial charge is 0.313 e. The molecule has 118 valence electrons. The molecule has 0 amide bonds. The molecule has 2 nitrogen and oxygen atoms in total. The fourth-order valence-electron chi connectivity index (χ4n) is 2.85. The van der Waals surface area contributed by atoms with E-state index < -0.39 is 0 Å². The zero-order chi connectivity index (χ0) is 15.4. The summed E-state index contributed by atoms with van der Waals surface area (Å²) in [5, 5.41) is 4.97. The van der Waals surface area contributed by atoms with E-state index in [0.29, 0.717) is 12.1 Å². The zero-order valence-corrected chi connectivity index (χ0v) is 16.1. The fourth-order valence-corrected chi connectivity index (χ4v) is 4.81. The summed E-state index contributed by atoms with van der Waals surface area (Å²) in [5.74, 6) is 1.24. The predicted molar refractivity (Wildman–Crippen MR) is 98.5 cm³/mol. The Morgan fingerprint density at radius 1 is 1.48 bits per heavy atom. The van der Waals surface area contributed by atoms with Gasteiger partial charge >= 0.3 is 0 Å². The zero-order valence-electron chi connectivity index (χ0n) is 12.9. The van der Waals surface area contributed by atoms with Crippen LogP contribution < -0.4 is 5.32 Å². The minimum atomic E-state index is 0.308. The average molecular weight is 392 g/mol. The quantitative estimate of drug-likeness (QED) is 0.791. The molecule has 1 aliphatic heterocycles. The number of hydrogen-bond donors (Lipinski definition) is 1. The van der Waals surface area contributed by atoms with Crippen LogP contribution in [-0.2, 0) is 0 Å². The van der Waals surface area contributed by atoms with Crippen LogP contribution >= 0.6 is 39.3 Å². The summed E-state index contributed by atoms with van der Waals surface area (Å²) in [6.07, 6.45) is 1.08. The van der Waals surface area contributed by atoms with Crippen molar-refractivity contribution in [3.63, 3.8) is 0 Å². The molecule has 1 aromatic rings. The number of benzene rings is 1. The lowest BCUT2D eigenvalue weighted by atomic mass is 10.0. The molecular formula is C16H24BrClN2S. The number of nitrogens with one attached hydrogen (secondary N) is 1. The van der Waals surface area contributed by atoms with Gasteiger partial charge in [-0.25, -0.2) is 0 Å². The van der Waals surface area contributed by atoms with Gasteiger partial charge in [-0.2, -0.15) is 11.8 Å². The second kappa shape index (κ2) is 8.21.